The summed E-state index contributed by atoms with van der Waals surface area (Å²) in [6.45, 7) is 11.1. The summed E-state index contributed by atoms with van der Waals surface area (Å²) in [7, 11) is 0. The minimum absolute atomic E-state index is 0.333. The molecule has 4 nitrogen and oxygen atoms in total. The maximum Gasteiger partial charge on any atom is 0.113 e. The number of aromatic nitrogens is 2. The van der Waals surface area contributed by atoms with E-state index in [1.165, 1.54) is 16.7 Å². The number of benzene rings is 1. The van der Waals surface area contributed by atoms with Crippen LogP contribution in [0.5, 0.6) is 0 Å². The Labute approximate surface area is 127 Å². The van der Waals surface area contributed by atoms with Crippen LogP contribution in [-0.2, 0) is 0 Å². The number of nitrogens with one attached hydrogen (secondary N) is 3. The molecule has 1 aromatic carbocycles. The van der Waals surface area contributed by atoms with E-state index in [4.69, 9.17) is 0 Å². The molecule has 3 rings (SSSR count). The highest BCUT2D eigenvalue weighted by Crippen LogP contribution is 2.25. The first-order valence-electron chi connectivity index (χ1n) is 7.67. The van der Waals surface area contributed by atoms with Gasteiger partial charge in [0.05, 0.1) is 0 Å². The molecule has 0 spiro atoms. The third-order valence-electron chi connectivity index (χ3n) is 4.00. The van der Waals surface area contributed by atoms with Crippen molar-refractivity contribution in [1.82, 2.24) is 20.6 Å². The lowest BCUT2D eigenvalue weighted by molar-refractivity contribution is 0.534. The van der Waals surface area contributed by atoms with Crippen molar-refractivity contribution in [3.63, 3.8) is 0 Å². The van der Waals surface area contributed by atoms with E-state index in [9.17, 15) is 0 Å². The Hall–Kier alpha value is -1.65. The minimum Gasteiger partial charge on any atom is -0.348 e. The molecular weight excluding hydrogens is 260 g/mol. The lowest BCUT2D eigenvalue weighted by Crippen LogP contribution is -2.39. The molecule has 0 unspecified atom stereocenters. The number of H-pyrrole nitrogens is 1. The number of rotatable bonds is 2. The highest BCUT2D eigenvalue weighted by molar-refractivity contribution is 5.37. The molecule has 2 heterocycles. The van der Waals surface area contributed by atoms with Crippen LogP contribution < -0.4 is 10.6 Å². The highest BCUT2D eigenvalue weighted by Gasteiger charge is 2.13. The molecule has 1 aliphatic rings. The molecule has 1 aromatic heterocycles. The maximum absolute atomic E-state index is 4.31. The average molecular weight is 286 g/mol. The van der Waals surface area contributed by atoms with Gasteiger partial charge in [-0.1, -0.05) is 25.1 Å². The van der Waals surface area contributed by atoms with Crippen molar-refractivity contribution >= 4 is 0 Å². The second kappa shape index (κ2) is 7.96. The van der Waals surface area contributed by atoms with Gasteiger partial charge < -0.3 is 15.6 Å². The number of nitrogens with zero attached hydrogens (tertiary/aromatic N) is 1. The van der Waals surface area contributed by atoms with Gasteiger partial charge >= 0.3 is 0 Å². The summed E-state index contributed by atoms with van der Waals surface area (Å²) in [4.78, 5) is 7.48. The molecule has 21 heavy (non-hydrogen) atoms. The molecule has 4 heteroatoms. The Kier molecular flexibility index (Phi) is 5.96. The van der Waals surface area contributed by atoms with Crippen LogP contribution >= 0.6 is 0 Å². The van der Waals surface area contributed by atoms with Crippen LogP contribution in [0.25, 0.3) is 0 Å². The fourth-order valence-electron chi connectivity index (χ4n) is 2.51. The Morgan fingerprint density at radius 1 is 1.05 bits per heavy atom. The average Bonchev–Trinajstić information content (AvgIpc) is 3.06. The van der Waals surface area contributed by atoms with Crippen LogP contribution in [0.1, 0.15) is 35.4 Å². The largest absolute Gasteiger partial charge is 0.348 e. The first-order chi connectivity index (χ1) is 10.2. The van der Waals surface area contributed by atoms with Gasteiger partial charge in [0.15, 0.2) is 0 Å². The molecule has 0 radical (unpaired) electrons. The zero-order valence-corrected chi connectivity index (χ0v) is 13.2. The third-order valence-corrected chi connectivity index (χ3v) is 4.00. The molecule has 0 saturated carbocycles. The number of hydrogen-bond donors (Lipinski definition) is 3. The van der Waals surface area contributed by atoms with Gasteiger partial charge in [0.2, 0.25) is 0 Å². The molecule has 2 aromatic rings. The standard InChI is InChI=1S/C13H16N2.C4H10N2/c1-9-5-4-6-12(10(9)2)11(3)13-14-7-8-15-13;1-2-6-4-3-5-1/h4-8,11H,1-3H3,(H,14,15);5-6H,1-4H2/t11-;/m0./s1. The summed E-state index contributed by atoms with van der Waals surface area (Å²) in [5.74, 6) is 1.36. The molecule has 114 valence electrons. The normalized spacial score (nSPS) is 16.0. The van der Waals surface area contributed by atoms with Crippen LogP contribution in [0.4, 0.5) is 0 Å². The van der Waals surface area contributed by atoms with Crippen LogP contribution in [0.3, 0.4) is 0 Å². The maximum atomic E-state index is 4.31. The minimum atomic E-state index is 0.333. The predicted molar refractivity (Wildman–Crippen MR) is 87.8 cm³/mol. The van der Waals surface area contributed by atoms with E-state index in [0.29, 0.717) is 5.92 Å². The predicted octanol–water partition coefficient (Wildman–Crippen LogP) is 2.36. The van der Waals surface area contributed by atoms with E-state index >= 15 is 0 Å². The Morgan fingerprint density at radius 2 is 1.71 bits per heavy atom. The zero-order chi connectivity index (χ0) is 15.1. The van der Waals surface area contributed by atoms with Crippen molar-refractivity contribution in [2.75, 3.05) is 26.2 Å². The molecule has 0 bridgehead atoms. The topological polar surface area (TPSA) is 52.7 Å². The van der Waals surface area contributed by atoms with Gasteiger partial charge in [0.1, 0.15) is 5.82 Å². The number of hydrogen-bond acceptors (Lipinski definition) is 3. The first kappa shape index (κ1) is 15.7. The molecule has 0 aliphatic carbocycles. The van der Waals surface area contributed by atoms with Crippen LogP contribution in [-0.4, -0.2) is 36.1 Å². The van der Waals surface area contributed by atoms with Gasteiger partial charge in [-0.05, 0) is 30.5 Å². The number of aromatic amines is 1. The zero-order valence-electron chi connectivity index (χ0n) is 13.2. The Bertz CT molecular complexity index is 518. The highest BCUT2D eigenvalue weighted by atomic mass is 15.0. The molecular formula is C17H26N4. The SMILES string of the molecule is C1CNCCN1.Cc1cccc([C@H](C)c2ncc[nH]2)c1C. The van der Waals surface area contributed by atoms with Crippen molar-refractivity contribution < 1.29 is 0 Å². The van der Waals surface area contributed by atoms with E-state index < -0.39 is 0 Å². The van der Waals surface area contributed by atoms with Crippen LogP contribution in [0, 0.1) is 13.8 Å². The second-order valence-corrected chi connectivity index (χ2v) is 5.49. The lowest BCUT2D eigenvalue weighted by Gasteiger charge is -2.14. The summed E-state index contributed by atoms with van der Waals surface area (Å²) in [6, 6.07) is 6.43. The van der Waals surface area contributed by atoms with Crippen LogP contribution in [0.2, 0.25) is 0 Å². The fourth-order valence-corrected chi connectivity index (χ4v) is 2.51. The van der Waals surface area contributed by atoms with Crippen molar-refractivity contribution in [2.45, 2.75) is 26.7 Å². The summed E-state index contributed by atoms with van der Waals surface area (Å²) in [6.07, 6.45) is 3.67. The van der Waals surface area contributed by atoms with Gasteiger partial charge in [-0.25, -0.2) is 4.98 Å². The fraction of sp³-hybridized carbons (Fsp3) is 0.471. The van der Waals surface area contributed by atoms with E-state index in [0.717, 1.165) is 32.0 Å². The summed E-state index contributed by atoms with van der Waals surface area (Å²) in [5.41, 5.74) is 4.05. The summed E-state index contributed by atoms with van der Waals surface area (Å²) >= 11 is 0. The number of piperazine rings is 1. The Balaban J connectivity index is 0.000000225. The first-order valence-corrected chi connectivity index (χ1v) is 7.67. The summed E-state index contributed by atoms with van der Waals surface area (Å²) < 4.78 is 0. The van der Waals surface area contributed by atoms with Crippen molar-refractivity contribution in [3.05, 3.63) is 53.1 Å². The third kappa shape index (κ3) is 4.41. The smallest absolute Gasteiger partial charge is 0.113 e. The second-order valence-electron chi connectivity index (χ2n) is 5.49. The number of aryl methyl sites for hydroxylation is 1. The molecule has 3 N–H and O–H groups in total. The van der Waals surface area contributed by atoms with Gasteiger partial charge in [0.25, 0.3) is 0 Å². The summed E-state index contributed by atoms with van der Waals surface area (Å²) in [5, 5.41) is 6.44. The van der Waals surface area contributed by atoms with Gasteiger partial charge in [-0.2, -0.15) is 0 Å². The molecule has 1 saturated heterocycles. The van der Waals surface area contributed by atoms with Gasteiger partial charge in [0, 0.05) is 44.5 Å². The van der Waals surface area contributed by atoms with Crippen molar-refractivity contribution in [2.24, 2.45) is 0 Å². The molecule has 1 fully saturated rings. The monoisotopic (exact) mass is 286 g/mol. The molecule has 1 aliphatic heterocycles. The van der Waals surface area contributed by atoms with E-state index in [1.807, 2.05) is 6.20 Å². The van der Waals surface area contributed by atoms with E-state index in [2.05, 4.69) is 59.6 Å². The van der Waals surface area contributed by atoms with E-state index in [1.54, 1.807) is 6.20 Å². The van der Waals surface area contributed by atoms with Crippen LogP contribution in [0.15, 0.2) is 30.6 Å². The lowest BCUT2D eigenvalue weighted by atomic mass is 9.93. The van der Waals surface area contributed by atoms with E-state index in [-0.39, 0.29) is 0 Å². The molecule has 0 amide bonds. The number of imidazole rings is 1. The van der Waals surface area contributed by atoms with Crippen molar-refractivity contribution in [1.29, 1.82) is 0 Å². The molecule has 1 atom stereocenters. The Morgan fingerprint density at radius 3 is 2.24 bits per heavy atom. The van der Waals surface area contributed by atoms with Crippen molar-refractivity contribution in [3.8, 4) is 0 Å². The quantitative estimate of drug-likeness (QED) is 0.794. The van der Waals surface area contributed by atoms with Gasteiger partial charge in [-0.3, -0.25) is 0 Å². The van der Waals surface area contributed by atoms with Gasteiger partial charge in [-0.15, -0.1) is 0 Å².